The Morgan fingerprint density at radius 3 is 2.15 bits per heavy atom. The molecule has 1 aromatic heterocycles. The monoisotopic (exact) mass is 478 g/mol. The number of anilines is 1. The molecule has 0 aliphatic carbocycles. The zero-order valence-corrected chi connectivity index (χ0v) is 20.0. The molecule has 0 spiro atoms. The second-order valence-corrected chi connectivity index (χ2v) is 11.0. The van der Waals surface area contributed by atoms with Gasteiger partial charge in [-0.15, -0.1) is 0 Å². The van der Waals surface area contributed by atoms with Crippen LogP contribution in [0, 0.1) is 0 Å². The molecule has 33 heavy (non-hydrogen) atoms. The highest BCUT2D eigenvalue weighted by molar-refractivity contribution is 7.86. The highest BCUT2D eigenvalue weighted by Crippen LogP contribution is 2.25. The Kier molecular flexibility index (Phi) is 6.71. The normalized spacial score (nSPS) is 18.9. The maximum atomic E-state index is 12.8. The van der Waals surface area contributed by atoms with Crippen LogP contribution in [-0.4, -0.2) is 90.6 Å². The quantitative estimate of drug-likeness (QED) is 0.711. The number of carbonyl (C=O) groups is 1. The van der Waals surface area contributed by atoms with Gasteiger partial charge in [0.05, 0.1) is 13.2 Å². The van der Waals surface area contributed by atoms with Gasteiger partial charge < -0.3 is 19.5 Å². The lowest BCUT2D eigenvalue weighted by molar-refractivity contribution is 0.0691. The fourth-order valence-corrected chi connectivity index (χ4v) is 5.17. The molecule has 0 radical (unpaired) electrons. The summed E-state index contributed by atoms with van der Waals surface area (Å²) in [5.74, 6) is 1.06. The molecule has 3 heterocycles. The molecule has 2 fully saturated rings. The molecule has 11 nitrogen and oxygen atoms in total. The van der Waals surface area contributed by atoms with E-state index < -0.39 is 10.2 Å². The van der Waals surface area contributed by atoms with Crippen molar-refractivity contribution < 1.29 is 22.5 Å². The molecule has 0 unspecified atom stereocenters. The first-order valence-corrected chi connectivity index (χ1v) is 12.4. The molecule has 2 amide bonds. The number of hydrogen-bond donors (Lipinski definition) is 1. The van der Waals surface area contributed by atoms with Crippen LogP contribution in [0.15, 0.2) is 28.8 Å². The second-order valence-electron chi connectivity index (χ2n) is 9.09. The maximum absolute atomic E-state index is 12.8. The average molecular weight is 479 g/mol. The van der Waals surface area contributed by atoms with Gasteiger partial charge in [-0.25, -0.2) is 4.79 Å². The fourth-order valence-electron chi connectivity index (χ4n) is 3.61. The van der Waals surface area contributed by atoms with Crippen LogP contribution in [0.25, 0.3) is 11.4 Å². The molecule has 2 aliphatic rings. The first-order chi connectivity index (χ1) is 15.6. The number of piperazine rings is 1. The third-order valence-corrected chi connectivity index (χ3v) is 7.65. The highest BCUT2D eigenvalue weighted by Gasteiger charge is 2.34. The minimum atomic E-state index is -3.52. The van der Waals surface area contributed by atoms with Crippen molar-refractivity contribution in [3.8, 4) is 11.4 Å². The third kappa shape index (κ3) is 5.35. The van der Waals surface area contributed by atoms with Crippen molar-refractivity contribution in [2.45, 2.75) is 26.2 Å². The number of amides is 2. The van der Waals surface area contributed by atoms with E-state index in [4.69, 9.17) is 9.26 Å². The van der Waals surface area contributed by atoms with Crippen molar-refractivity contribution in [2.24, 2.45) is 0 Å². The summed E-state index contributed by atoms with van der Waals surface area (Å²) in [6.45, 7) is 8.72. The van der Waals surface area contributed by atoms with E-state index in [-0.39, 0.29) is 24.5 Å². The maximum Gasteiger partial charge on any atom is 0.321 e. The van der Waals surface area contributed by atoms with Crippen molar-refractivity contribution in [3.63, 3.8) is 0 Å². The summed E-state index contributed by atoms with van der Waals surface area (Å²) >= 11 is 0. The summed E-state index contributed by atoms with van der Waals surface area (Å²) in [5.41, 5.74) is 1.19. The number of benzene rings is 1. The van der Waals surface area contributed by atoms with Crippen LogP contribution in [0.3, 0.4) is 0 Å². The van der Waals surface area contributed by atoms with Gasteiger partial charge in [-0.3, -0.25) is 0 Å². The van der Waals surface area contributed by atoms with E-state index in [0.29, 0.717) is 56.8 Å². The van der Waals surface area contributed by atoms with E-state index in [1.807, 2.05) is 32.9 Å². The lowest BCUT2D eigenvalue weighted by Gasteiger charge is -2.37. The smallest absolute Gasteiger partial charge is 0.321 e. The molecule has 0 atom stereocenters. The largest absolute Gasteiger partial charge is 0.379 e. The molecular weight excluding hydrogens is 448 g/mol. The summed E-state index contributed by atoms with van der Waals surface area (Å²) in [4.78, 5) is 18.7. The molecule has 0 bridgehead atoms. The van der Waals surface area contributed by atoms with Crippen LogP contribution < -0.4 is 5.32 Å². The first kappa shape index (κ1) is 23.6. The van der Waals surface area contributed by atoms with E-state index in [0.717, 1.165) is 5.56 Å². The zero-order chi connectivity index (χ0) is 23.6. The predicted molar refractivity (Wildman–Crippen MR) is 122 cm³/mol. The van der Waals surface area contributed by atoms with Gasteiger partial charge in [-0.1, -0.05) is 25.9 Å². The number of ether oxygens (including phenoxy) is 1. The van der Waals surface area contributed by atoms with E-state index >= 15 is 0 Å². The van der Waals surface area contributed by atoms with Crippen molar-refractivity contribution >= 4 is 21.9 Å². The zero-order valence-electron chi connectivity index (χ0n) is 19.2. The van der Waals surface area contributed by atoms with E-state index in [1.54, 1.807) is 17.0 Å². The minimum absolute atomic E-state index is 0.231. The Hall–Kier alpha value is -2.54. The Balaban J connectivity index is 1.31. The Bertz CT molecular complexity index is 1070. The van der Waals surface area contributed by atoms with E-state index in [9.17, 15) is 13.2 Å². The van der Waals surface area contributed by atoms with Gasteiger partial charge >= 0.3 is 6.03 Å². The number of nitrogens with zero attached hydrogens (tertiary/aromatic N) is 5. The molecule has 2 saturated heterocycles. The van der Waals surface area contributed by atoms with Crippen LogP contribution in [0.1, 0.15) is 26.7 Å². The molecule has 0 saturated carbocycles. The van der Waals surface area contributed by atoms with Crippen LogP contribution in [0.2, 0.25) is 0 Å². The van der Waals surface area contributed by atoms with Crippen molar-refractivity contribution in [2.75, 3.05) is 57.8 Å². The SMILES string of the molecule is CC(C)(C)c1nc(-c2ccc(NC(=O)N3CCN(S(=O)(=O)N4CCOCC4)CC3)cc2)no1. The van der Waals surface area contributed by atoms with Gasteiger partial charge in [-0.05, 0) is 24.3 Å². The number of hydrogen-bond acceptors (Lipinski definition) is 7. The lowest BCUT2D eigenvalue weighted by Crippen LogP contribution is -2.56. The van der Waals surface area contributed by atoms with Crippen molar-refractivity contribution in [1.82, 2.24) is 23.7 Å². The van der Waals surface area contributed by atoms with Crippen molar-refractivity contribution in [3.05, 3.63) is 30.2 Å². The van der Waals surface area contributed by atoms with Crippen LogP contribution >= 0.6 is 0 Å². The number of carbonyl (C=O) groups excluding carboxylic acids is 1. The number of rotatable bonds is 4. The number of morpholine rings is 1. The summed E-state index contributed by atoms with van der Waals surface area (Å²) in [7, 11) is -3.52. The van der Waals surface area contributed by atoms with Gasteiger partial charge in [0.15, 0.2) is 0 Å². The topological polar surface area (TPSA) is 121 Å². The van der Waals surface area contributed by atoms with E-state index in [1.165, 1.54) is 8.61 Å². The van der Waals surface area contributed by atoms with Gasteiger partial charge in [-0.2, -0.15) is 22.0 Å². The lowest BCUT2D eigenvalue weighted by atomic mass is 9.97. The number of urea groups is 1. The first-order valence-electron chi connectivity index (χ1n) is 11.0. The summed E-state index contributed by atoms with van der Waals surface area (Å²) < 4.78 is 39.0. The number of aromatic nitrogens is 2. The second kappa shape index (κ2) is 9.37. The third-order valence-electron chi connectivity index (χ3n) is 5.61. The Morgan fingerprint density at radius 1 is 0.970 bits per heavy atom. The van der Waals surface area contributed by atoms with Crippen LogP contribution in [0.5, 0.6) is 0 Å². The molecule has 2 aliphatic heterocycles. The van der Waals surface area contributed by atoms with E-state index in [2.05, 4.69) is 15.5 Å². The molecule has 2 aromatic rings. The number of nitrogens with one attached hydrogen (secondary N) is 1. The summed E-state index contributed by atoms with van der Waals surface area (Å²) in [5, 5.41) is 6.90. The Labute approximate surface area is 193 Å². The average Bonchev–Trinajstić information content (AvgIpc) is 3.31. The standard InChI is InChI=1S/C21H30N6O5S/c1-21(2,3)19-23-18(24-32-19)16-4-6-17(7-5-16)22-20(28)25-8-10-26(11-9-25)33(29,30)27-12-14-31-15-13-27/h4-7H,8-15H2,1-3H3,(H,22,28). The van der Waals surface area contributed by atoms with Gasteiger partial charge in [0, 0.05) is 55.9 Å². The fraction of sp³-hybridized carbons (Fsp3) is 0.571. The summed E-state index contributed by atoms with van der Waals surface area (Å²) in [6.07, 6.45) is 0. The minimum Gasteiger partial charge on any atom is -0.379 e. The van der Waals surface area contributed by atoms with Crippen molar-refractivity contribution in [1.29, 1.82) is 0 Å². The molecule has 1 aromatic carbocycles. The molecule has 180 valence electrons. The molecule has 12 heteroatoms. The molecule has 4 rings (SSSR count). The van der Waals surface area contributed by atoms with Crippen LogP contribution in [-0.2, 0) is 20.4 Å². The van der Waals surface area contributed by atoms with Gasteiger partial charge in [0.2, 0.25) is 11.7 Å². The highest BCUT2D eigenvalue weighted by atomic mass is 32.2. The Morgan fingerprint density at radius 2 is 1.58 bits per heavy atom. The predicted octanol–water partition coefficient (Wildman–Crippen LogP) is 1.76. The van der Waals surface area contributed by atoms with Crippen LogP contribution in [0.4, 0.5) is 10.5 Å². The molecular formula is C21H30N6O5S. The molecule has 1 N–H and O–H groups in total. The summed E-state index contributed by atoms with van der Waals surface area (Å²) in [6, 6.07) is 6.93. The van der Waals surface area contributed by atoms with Gasteiger partial charge in [0.25, 0.3) is 10.2 Å². The van der Waals surface area contributed by atoms with Gasteiger partial charge in [0.1, 0.15) is 0 Å².